The zero-order valence-electron chi connectivity index (χ0n) is 12.9. The highest BCUT2D eigenvalue weighted by molar-refractivity contribution is 5.21. The SMILES string of the molecule is CC(C)c1nn(C)cc1CNCC(C)c1ccccc1. The zero-order valence-corrected chi connectivity index (χ0v) is 12.9. The van der Waals surface area contributed by atoms with Gasteiger partial charge in [-0.1, -0.05) is 51.1 Å². The smallest absolute Gasteiger partial charge is 0.0694 e. The van der Waals surface area contributed by atoms with Gasteiger partial charge in [0.15, 0.2) is 0 Å². The molecule has 1 heterocycles. The van der Waals surface area contributed by atoms with E-state index >= 15 is 0 Å². The largest absolute Gasteiger partial charge is 0.312 e. The van der Waals surface area contributed by atoms with Crippen LogP contribution in [0.5, 0.6) is 0 Å². The van der Waals surface area contributed by atoms with Gasteiger partial charge >= 0.3 is 0 Å². The number of nitrogens with zero attached hydrogens (tertiary/aromatic N) is 2. The fourth-order valence-electron chi connectivity index (χ4n) is 2.50. The molecule has 20 heavy (non-hydrogen) atoms. The third-order valence-corrected chi connectivity index (χ3v) is 3.62. The first-order chi connectivity index (χ1) is 9.58. The van der Waals surface area contributed by atoms with Gasteiger partial charge in [-0.25, -0.2) is 0 Å². The fourth-order valence-corrected chi connectivity index (χ4v) is 2.50. The summed E-state index contributed by atoms with van der Waals surface area (Å²) in [6.07, 6.45) is 2.12. The maximum Gasteiger partial charge on any atom is 0.0694 e. The van der Waals surface area contributed by atoms with E-state index in [2.05, 4.69) is 67.7 Å². The molecule has 1 N–H and O–H groups in total. The van der Waals surface area contributed by atoms with Crippen LogP contribution in [0.15, 0.2) is 36.5 Å². The summed E-state index contributed by atoms with van der Waals surface area (Å²) in [5.41, 5.74) is 3.89. The van der Waals surface area contributed by atoms with Crippen LogP contribution < -0.4 is 5.32 Å². The summed E-state index contributed by atoms with van der Waals surface area (Å²) >= 11 is 0. The number of benzene rings is 1. The first-order valence-electron chi connectivity index (χ1n) is 7.36. The Kier molecular flexibility index (Phi) is 4.96. The highest BCUT2D eigenvalue weighted by Gasteiger charge is 2.11. The Morgan fingerprint density at radius 3 is 2.50 bits per heavy atom. The van der Waals surface area contributed by atoms with Crippen molar-refractivity contribution in [3.05, 3.63) is 53.3 Å². The molecule has 1 unspecified atom stereocenters. The monoisotopic (exact) mass is 271 g/mol. The van der Waals surface area contributed by atoms with Crippen molar-refractivity contribution in [2.45, 2.75) is 39.2 Å². The second kappa shape index (κ2) is 6.71. The fraction of sp³-hybridized carbons (Fsp3) is 0.471. The van der Waals surface area contributed by atoms with Crippen molar-refractivity contribution in [1.82, 2.24) is 15.1 Å². The highest BCUT2D eigenvalue weighted by Crippen LogP contribution is 2.18. The molecule has 0 radical (unpaired) electrons. The Labute approximate surface area is 122 Å². The lowest BCUT2D eigenvalue weighted by atomic mass is 10.0. The highest BCUT2D eigenvalue weighted by atomic mass is 15.3. The van der Waals surface area contributed by atoms with E-state index < -0.39 is 0 Å². The summed E-state index contributed by atoms with van der Waals surface area (Å²) in [5, 5.41) is 8.10. The Bertz CT molecular complexity index is 528. The van der Waals surface area contributed by atoms with Crippen molar-refractivity contribution in [3.8, 4) is 0 Å². The van der Waals surface area contributed by atoms with Crippen LogP contribution >= 0.6 is 0 Å². The third-order valence-electron chi connectivity index (χ3n) is 3.62. The molecule has 3 nitrogen and oxygen atoms in total. The normalized spacial score (nSPS) is 12.8. The number of hydrogen-bond acceptors (Lipinski definition) is 2. The van der Waals surface area contributed by atoms with Crippen LogP contribution in [0.4, 0.5) is 0 Å². The second-order valence-corrected chi connectivity index (χ2v) is 5.81. The molecule has 0 aliphatic rings. The van der Waals surface area contributed by atoms with Gasteiger partial charge in [0, 0.05) is 31.9 Å². The second-order valence-electron chi connectivity index (χ2n) is 5.81. The van der Waals surface area contributed by atoms with Gasteiger partial charge in [0.1, 0.15) is 0 Å². The van der Waals surface area contributed by atoms with Crippen LogP contribution in [0.3, 0.4) is 0 Å². The van der Waals surface area contributed by atoms with E-state index in [9.17, 15) is 0 Å². The van der Waals surface area contributed by atoms with Crippen LogP contribution in [0.1, 0.15) is 49.4 Å². The van der Waals surface area contributed by atoms with E-state index in [1.165, 1.54) is 16.8 Å². The van der Waals surface area contributed by atoms with Gasteiger partial charge in [-0.2, -0.15) is 5.10 Å². The summed E-state index contributed by atoms with van der Waals surface area (Å²) in [7, 11) is 1.99. The topological polar surface area (TPSA) is 29.9 Å². The Balaban J connectivity index is 1.90. The lowest BCUT2D eigenvalue weighted by Gasteiger charge is -2.13. The molecule has 0 fully saturated rings. The van der Waals surface area contributed by atoms with Crippen molar-refractivity contribution in [3.63, 3.8) is 0 Å². The van der Waals surface area contributed by atoms with E-state index in [0.29, 0.717) is 11.8 Å². The molecule has 0 bridgehead atoms. The summed E-state index contributed by atoms with van der Waals surface area (Å²) in [5.74, 6) is 0.995. The van der Waals surface area contributed by atoms with Gasteiger partial charge in [-0.3, -0.25) is 4.68 Å². The number of hydrogen-bond donors (Lipinski definition) is 1. The van der Waals surface area contributed by atoms with Gasteiger partial charge in [0.05, 0.1) is 5.69 Å². The van der Waals surface area contributed by atoms with Crippen molar-refractivity contribution >= 4 is 0 Å². The summed E-state index contributed by atoms with van der Waals surface area (Å²) in [4.78, 5) is 0. The first kappa shape index (κ1) is 14.8. The third kappa shape index (κ3) is 3.70. The van der Waals surface area contributed by atoms with Crippen LogP contribution in [0.25, 0.3) is 0 Å². The average molecular weight is 271 g/mol. The molecule has 0 saturated heterocycles. The van der Waals surface area contributed by atoms with E-state index in [1.807, 2.05) is 11.7 Å². The van der Waals surface area contributed by atoms with Gasteiger partial charge in [0.2, 0.25) is 0 Å². The molecule has 0 amide bonds. The Morgan fingerprint density at radius 2 is 1.85 bits per heavy atom. The summed E-state index contributed by atoms with van der Waals surface area (Å²) < 4.78 is 1.91. The minimum absolute atomic E-state index is 0.472. The Hall–Kier alpha value is -1.61. The van der Waals surface area contributed by atoms with Crippen molar-refractivity contribution in [2.75, 3.05) is 6.54 Å². The average Bonchev–Trinajstić information content (AvgIpc) is 2.81. The molecule has 2 aromatic rings. The Morgan fingerprint density at radius 1 is 1.15 bits per heavy atom. The summed E-state index contributed by atoms with van der Waals surface area (Å²) in [6.45, 7) is 8.51. The quantitative estimate of drug-likeness (QED) is 0.872. The van der Waals surface area contributed by atoms with Gasteiger partial charge < -0.3 is 5.32 Å². The predicted molar refractivity (Wildman–Crippen MR) is 83.9 cm³/mol. The number of nitrogens with one attached hydrogen (secondary N) is 1. The van der Waals surface area contributed by atoms with E-state index in [-0.39, 0.29) is 0 Å². The van der Waals surface area contributed by atoms with E-state index in [0.717, 1.165) is 13.1 Å². The maximum absolute atomic E-state index is 4.54. The molecule has 0 saturated carbocycles. The lowest BCUT2D eigenvalue weighted by Crippen LogP contribution is -2.20. The molecule has 0 aliphatic heterocycles. The molecule has 0 spiro atoms. The first-order valence-corrected chi connectivity index (χ1v) is 7.36. The molecule has 1 atom stereocenters. The maximum atomic E-state index is 4.54. The van der Waals surface area contributed by atoms with Gasteiger partial charge in [-0.05, 0) is 17.4 Å². The van der Waals surface area contributed by atoms with Crippen molar-refractivity contribution in [2.24, 2.45) is 7.05 Å². The summed E-state index contributed by atoms with van der Waals surface area (Å²) in [6, 6.07) is 10.6. The van der Waals surface area contributed by atoms with Crippen molar-refractivity contribution in [1.29, 1.82) is 0 Å². The van der Waals surface area contributed by atoms with Crippen molar-refractivity contribution < 1.29 is 0 Å². The van der Waals surface area contributed by atoms with Crippen LogP contribution in [0, 0.1) is 0 Å². The minimum atomic E-state index is 0.472. The van der Waals surface area contributed by atoms with E-state index in [1.54, 1.807) is 0 Å². The molecule has 3 heteroatoms. The standard InChI is InChI=1S/C17H25N3/c1-13(2)17-16(12-20(4)19-17)11-18-10-14(3)15-8-6-5-7-9-15/h5-9,12-14,18H,10-11H2,1-4H3. The minimum Gasteiger partial charge on any atom is -0.312 e. The molecule has 0 aliphatic carbocycles. The number of rotatable bonds is 6. The zero-order chi connectivity index (χ0) is 14.5. The molecule has 2 rings (SSSR count). The predicted octanol–water partition coefficient (Wildman–Crippen LogP) is 3.44. The number of aryl methyl sites for hydroxylation is 1. The molecule has 108 valence electrons. The van der Waals surface area contributed by atoms with Gasteiger partial charge in [0.25, 0.3) is 0 Å². The van der Waals surface area contributed by atoms with Crippen LogP contribution in [-0.4, -0.2) is 16.3 Å². The molecule has 1 aromatic carbocycles. The van der Waals surface area contributed by atoms with Crippen LogP contribution in [0.2, 0.25) is 0 Å². The lowest BCUT2D eigenvalue weighted by molar-refractivity contribution is 0.610. The molecular formula is C17H25N3. The molecule has 1 aromatic heterocycles. The van der Waals surface area contributed by atoms with Crippen LogP contribution in [-0.2, 0) is 13.6 Å². The van der Waals surface area contributed by atoms with Gasteiger partial charge in [-0.15, -0.1) is 0 Å². The number of aromatic nitrogens is 2. The molecular weight excluding hydrogens is 246 g/mol. The van der Waals surface area contributed by atoms with E-state index in [4.69, 9.17) is 0 Å².